The molecule has 0 aliphatic rings. The molecule has 0 N–H and O–H groups in total. The number of nitrogens with zero attached hydrogens (tertiary/aromatic N) is 1. The molecule has 2 heteroatoms. The Morgan fingerprint density at radius 3 is 2.54 bits per heavy atom. The van der Waals surface area contributed by atoms with Crippen molar-refractivity contribution in [2.24, 2.45) is 0 Å². The molecule has 0 amide bonds. The number of carbonyl (C=O) groups is 1. The number of benzene rings is 2. The van der Waals surface area contributed by atoms with E-state index < -0.39 is 0 Å². The summed E-state index contributed by atoms with van der Waals surface area (Å²) in [5, 5.41) is 1.12. The minimum Gasteiger partial charge on any atom is -0.280 e. The minimum atomic E-state index is 0.0373. The van der Waals surface area contributed by atoms with E-state index >= 15 is 0 Å². The highest BCUT2D eigenvalue weighted by atomic mass is 16.2. The van der Waals surface area contributed by atoms with E-state index in [0.29, 0.717) is 0 Å². The van der Waals surface area contributed by atoms with Crippen molar-refractivity contribution in [2.45, 2.75) is 46.5 Å². The fraction of sp³-hybridized carbons (Fsp3) is 0.292. The summed E-state index contributed by atoms with van der Waals surface area (Å²) in [4.78, 5) is 13.1. The number of hydrogen-bond donors (Lipinski definition) is 0. The second kappa shape index (κ2) is 8.18. The van der Waals surface area contributed by atoms with Crippen LogP contribution in [-0.2, 0) is 6.42 Å². The summed E-state index contributed by atoms with van der Waals surface area (Å²) in [6.45, 7) is 6.22. The topological polar surface area (TPSA) is 22.0 Å². The molecule has 1 heterocycles. The van der Waals surface area contributed by atoms with Crippen molar-refractivity contribution in [1.82, 2.24) is 4.57 Å². The molecule has 0 aliphatic heterocycles. The molecule has 0 unspecified atom stereocenters. The zero-order valence-corrected chi connectivity index (χ0v) is 16.0. The van der Waals surface area contributed by atoms with Gasteiger partial charge in [-0.1, -0.05) is 56.2 Å². The lowest BCUT2D eigenvalue weighted by Crippen LogP contribution is -2.13. The monoisotopic (exact) mass is 345 g/mol. The molecule has 26 heavy (non-hydrogen) atoms. The molecule has 0 saturated carbocycles. The van der Waals surface area contributed by atoms with E-state index in [1.165, 1.54) is 24.8 Å². The van der Waals surface area contributed by atoms with Crippen LogP contribution >= 0.6 is 0 Å². The smallest absolute Gasteiger partial charge is 0.262 e. The van der Waals surface area contributed by atoms with Gasteiger partial charge in [-0.15, -0.1) is 0 Å². The molecule has 0 atom stereocenters. The molecular weight excluding hydrogens is 318 g/mol. The number of unbranched alkanes of at least 4 members (excludes halogenated alkanes) is 2. The summed E-state index contributed by atoms with van der Waals surface area (Å²) in [7, 11) is 0. The number of carbonyl (C=O) groups excluding carboxylic acids is 1. The van der Waals surface area contributed by atoms with Crippen molar-refractivity contribution in [2.75, 3.05) is 0 Å². The van der Waals surface area contributed by atoms with Crippen LogP contribution in [0.25, 0.3) is 17.0 Å². The van der Waals surface area contributed by atoms with Gasteiger partial charge in [-0.3, -0.25) is 9.36 Å². The molecule has 3 aromatic rings. The van der Waals surface area contributed by atoms with Gasteiger partial charge >= 0.3 is 0 Å². The Kier molecular flexibility index (Phi) is 5.72. The summed E-state index contributed by atoms with van der Waals surface area (Å²) < 4.78 is 1.83. The largest absolute Gasteiger partial charge is 0.280 e. The first-order valence-corrected chi connectivity index (χ1v) is 9.53. The van der Waals surface area contributed by atoms with Crippen molar-refractivity contribution in [3.8, 4) is 0 Å². The zero-order chi connectivity index (χ0) is 18.5. The fourth-order valence-electron chi connectivity index (χ4n) is 3.50. The van der Waals surface area contributed by atoms with Gasteiger partial charge in [-0.2, -0.15) is 0 Å². The third kappa shape index (κ3) is 3.65. The van der Waals surface area contributed by atoms with E-state index in [9.17, 15) is 4.79 Å². The van der Waals surface area contributed by atoms with E-state index in [0.717, 1.165) is 34.1 Å². The Balaban J connectivity index is 1.92. The number of rotatable bonds is 6. The molecule has 134 valence electrons. The maximum atomic E-state index is 13.1. The second-order valence-electron chi connectivity index (χ2n) is 6.86. The van der Waals surface area contributed by atoms with Gasteiger partial charge in [-0.25, -0.2) is 0 Å². The Labute approximate surface area is 156 Å². The summed E-state index contributed by atoms with van der Waals surface area (Å²) in [5.74, 6) is 0.0373. The van der Waals surface area contributed by atoms with E-state index in [1.54, 1.807) is 0 Å². The first kappa shape index (κ1) is 18.2. The summed E-state index contributed by atoms with van der Waals surface area (Å²) in [6, 6.07) is 16.3. The van der Waals surface area contributed by atoms with Crippen molar-refractivity contribution >= 4 is 22.9 Å². The highest BCUT2D eigenvalue weighted by Crippen LogP contribution is 2.25. The van der Waals surface area contributed by atoms with Crippen molar-refractivity contribution in [3.63, 3.8) is 0 Å². The van der Waals surface area contributed by atoms with Crippen LogP contribution in [0.15, 0.2) is 54.6 Å². The van der Waals surface area contributed by atoms with Gasteiger partial charge < -0.3 is 0 Å². The second-order valence-corrected chi connectivity index (χ2v) is 6.86. The van der Waals surface area contributed by atoms with Gasteiger partial charge in [0.2, 0.25) is 0 Å². The van der Waals surface area contributed by atoms with Crippen LogP contribution in [0.2, 0.25) is 0 Å². The molecule has 0 radical (unpaired) electrons. The number of fused-ring (bicyclic) bond motifs is 1. The quantitative estimate of drug-likeness (QED) is 0.473. The normalized spacial score (nSPS) is 11.5. The zero-order valence-electron chi connectivity index (χ0n) is 16.0. The first-order valence-electron chi connectivity index (χ1n) is 9.53. The van der Waals surface area contributed by atoms with Gasteiger partial charge in [-0.05, 0) is 62.1 Å². The number of aromatic nitrogens is 1. The molecule has 0 spiro atoms. The Morgan fingerprint density at radius 1 is 1.08 bits per heavy atom. The number of hydrogen-bond acceptors (Lipinski definition) is 1. The average molecular weight is 345 g/mol. The van der Waals surface area contributed by atoms with Gasteiger partial charge in [0, 0.05) is 16.6 Å². The Morgan fingerprint density at radius 2 is 1.85 bits per heavy atom. The van der Waals surface area contributed by atoms with E-state index in [4.69, 9.17) is 0 Å². The lowest BCUT2D eigenvalue weighted by Gasteiger charge is -2.08. The molecular formula is C24H27NO. The number of allylic oxidation sites excluding steroid dienone is 1. The predicted octanol–water partition coefficient (Wildman–Crippen LogP) is 6.40. The highest BCUT2D eigenvalue weighted by Gasteiger charge is 2.15. The Bertz CT molecular complexity index is 929. The molecule has 0 bridgehead atoms. The van der Waals surface area contributed by atoms with Gasteiger partial charge in [0.05, 0.1) is 5.52 Å². The van der Waals surface area contributed by atoms with Crippen molar-refractivity contribution in [3.05, 3.63) is 77.0 Å². The summed E-state index contributed by atoms with van der Waals surface area (Å²) >= 11 is 0. The van der Waals surface area contributed by atoms with Crippen LogP contribution in [0.5, 0.6) is 0 Å². The van der Waals surface area contributed by atoms with E-state index in [-0.39, 0.29) is 5.91 Å². The fourth-order valence-corrected chi connectivity index (χ4v) is 3.50. The SMILES string of the molecule is C/C=C/c1cccc2c1cc(C)n2C(=O)c1ccc(CCCCC)cc1. The summed E-state index contributed by atoms with van der Waals surface area (Å²) in [6.07, 6.45) is 8.89. The van der Waals surface area contributed by atoms with Crippen LogP contribution in [0.1, 0.15) is 60.3 Å². The molecule has 1 aromatic heterocycles. The van der Waals surface area contributed by atoms with Gasteiger partial charge in [0.1, 0.15) is 0 Å². The lowest BCUT2D eigenvalue weighted by molar-refractivity contribution is 0.0963. The van der Waals surface area contributed by atoms with Gasteiger partial charge in [0.25, 0.3) is 5.91 Å². The lowest BCUT2D eigenvalue weighted by atomic mass is 10.0. The molecule has 2 aromatic carbocycles. The van der Waals surface area contributed by atoms with Crippen LogP contribution in [0.4, 0.5) is 0 Å². The molecule has 3 rings (SSSR count). The highest BCUT2D eigenvalue weighted by molar-refractivity contribution is 6.04. The molecule has 0 fully saturated rings. The van der Waals surface area contributed by atoms with Gasteiger partial charge in [0.15, 0.2) is 0 Å². The molecule has 0 saturated heterocycles. The summed E-state index contributed by atoms with van der Waals surface area (Å²) in [5.41, 5.74) is 5.12. The number of aryl methyl sites for hydroxylation is 2. The average Bonchev–Trinajstić information content (AvgIpc) is 2.99. The van der Waals surface area contributed by atoms with Crippen LogP contribution in [0.3, 0.4) is 0 Å². The first-order chi connectivity index (χ1) is 12.7. The Hall–Kier alpha value is -2.61. The molecule has 2 nitrogen and oxygen atoms in total. The maximum Gasteiger partial charge on any atom is 0.262 e. The third-order valence-electron chi connectivity index (χ3n) is 4.88. The van der Waals surface area contributed by atoms with Crippen molar-refractivity contribution < 1.29 is 4.79 Å². The van der Waals surface area contributed by atoms with E-state index in [1.807, 2.05) is 48.8 Å². The van der Waals surface area contributed by atoms with Crippen molar-refractivity contribution in [1.29, 1.82) is 0 Å². The van der Waals surface area contributed by atoms with Crippen LogP contribution < -0.4 is 0 Å². The third-order valence-corrected chi connectivity index (χ3v) is 4.88. The maximum absolute atomic E-state index is 13.1. The standard InChI is InChI=1S/C24H27NO/c1-4-6-7-10-19-13-15-21(16-14-19)24(26)25-18(3)17-22-20(9-5-2)11-8-12-23(22)25/h5,8-9,11-17H,4,6-7,10H2,1-3H3/b9-5+. The predicted molar refractivity (Wildman–Crippen MR) is 111 cm³/mol. The van der Waals surface area contributed by atoms with Crippen LogP contribution in [-0.4, -0.2) is 10.5 Å². The molecule has 0 aliphatic carbocycles. The van der Waals surface area contributed by atoms with E-state index in [2.05, 4.69) is 37.3 Å². The van der Waals surface area contributed by atoms with Crippen LogP contribution in [0, 0.1) is 6.92 Å². The minimum absolute atomic E-state index is 0.0373.